The van der Waals surface area contributed by atoms with Gasteiger partial charge in [0.15, 0.2) is 11.5 Å². The molecule has 2 aliphatic heterocycles. The summed E-state index contributed by atoms with van der Waals surface area (Å²) >= 11 is 0. The highest BCUT2D eigenvalue weighted by atomic mass is 16.5. The SMILES string of the molecule is COc1ccc2c3c1O[C@H]1C/C(=N/NC(N)=O)C=C[C@@]31CCN(C)C2. The molecule has 4 rings (SSSR count). The largest absolute Gasteiger partial charge is 0.493 e. The Morgan fingerprint density at radius 2 is 2.36 bits per heavy atom. The quantitative estimate of drug-likeness (QED) is 0.798. The number of carbonyl (C=O) groups is 1. The van der Waals surface area contributed by atoms with E-state index in [4.69, 9.17) is 15.2 Å². The first-order chi connectivity index (χ1) is 12.0. The number of nitrogens with one attached hydrogen (secondary N) is 1. The van der Waals surface area contributed by atoms with Crippen LogP contribution in [0.15, 0.2) is 29.4 Å². The molecule has 1 aliphatic carbocycles. The van der Waals surface area contributed by atoms with E-state index in [-0.39, 0.29) is 11.5 Å². The molecule has 0 unspecified atom stereocenters. The maximum absolute atomic E-state index is 10.9. The minimum atomic E-state index is -0.670. The number of primary amides is 1. The van der Waals surface area contributed by atoms with Crippen molar-refractivity contribution in [2.75, 3.05) is 20.7 Å². The molecule has 2 heterocycles. The Bertz CT molecular complexity index is 789. The average molecular weight is 342 g/mol. The number of allylic oxidation sites excluding steroid dienone is 1. The molecule has 0 radical (unpaired) electrons. The van der Waals surface area contributed by atoms with Gasteiger partial charge in [-0.2, -0.15) is 5.10 Å². The molecule has 0 bridgehead atoms. The number of carbonyl (C=O) groups excluding carboxylic acids is 1. The van der Waals surface area contributed by atoms with Gasteiger partial charge in [0.2, 0.25) is 0 Å². The number of benzene rings is 1. The number of hydrogen-bond acceptors (Lipinski definition) is 5. The number of urea groups is 1. The Morgan fingerprint density at radius 1 is 1.52 bits per heavy atom. The molecule has 132 valence electrons. The third kappa shape index (κ3) is 2.46. The summed E-state index contributed by atoms with van der Waals surface area (Å²) in [5.74, 6) is 1.60. The molecule has 1 spiro atoms. The maximum atomic E-state index is 10.9. The molecule has 0 fully saturated rings. The van der Waals surface area contributed by atoms with Crippen LogP contribution in [-0.4, -0.2) is 43.4 Å². The number of nitrogens with two attached hydrogens (primary N) is 1. The van der Waals surface area contributed by atoms with E-state index < -0.39 is 6.03 Å². The number of hydrazone groups is 1. The van der Waals surface area contributed by atoms with Gasteiger partial charge < -0.3 is 20.1 Å². The normalized spacial score (nSPS) is 28.7. The molecule has 0 saturated heterocycles. The number of hydrogen-bond donors (Lipinski definition) is 2. The van der Waals surface area contributed by atoms with E-state index in [1.165, 1.54) is 11.1 Å². The van der Waals surface area contributed by atoms with Gasteiger partial charge in [-0.1, -0.05) is 12.1 Å². The van der Waals surface area contributed by atoms with Crippen molar-refractivity contribution in [1.29, 1.82) is 0 Å². The highest BCUT2D eigenvalue weighted by Gasteiger charge is 2.52. The van der Waals surface area contributed by atoms with Gasteiger partial charge in [0.1, 0.15) is 6.10 Å². The fourth-order valence-electron chi connectivity index (χ4n) is 4.17. The lowest BCUT2D eigenvalue weighted by Crippen LogP contribution is -2.42. The van der Waals surface area contributed by atoms with Crippen molar-refractivity contribution in [1.82, 2.24) is 10.3 Å². The van der Waals surface area contributed by atoms with Crippen molar-refractivity contribution in [2.45, 2.75) is 30.9 Å². The van der Waals surface area contributed by atoms with Gasteiger partial charge in [-0.05, 0) is 37.7 Å². The Balaban J connectivity index is 1.81. The van der Waals surface area contributed by atoms with Crippen molar-refractivity contribution in [3.8, 4) is 11.5 Å². The summed E-state index contributed by atoms with van der Waals surface area (Å²) in [5, 5.41) is 4.08. The van der Waals surface area contributed by atoms with Crippen molar-refractivity contribution in [3.05, 3.63) is 35.4 Å². The molecule has 2 atom stereocenters. The van der Waals surface area contributed by atoms with Crippen LogP contribution in [0.3, 0.4) is 0 Å². The fourth-order valence-corrected chi connectivity index (χ4v) is 4.17. The third-order valence-electron chi connectivity index (χ3n) is 5.35. The standard InChI is InChI=1S/C18H22N4O3/c1-22-8-7-18-6-5-12(20-21-17(19)23)9-14(18)25-16-13(24-2)4-3-11(10-22)15(16)18/h3-6,14H,7-10H2,1-2H3,(H3,19,21,23)/b20-12+/t14-,18-/m0/s1. The van der Waals surface area contributed by atoms with E-state index in [1.54, 1.807) is 7.11 Å². The van der Waals surface area contributed by atoms with Crippen LogP contribution in [0.4, 0.5) is 4.79 Å². The van der Waals surface area contributed by atoms with Gasteiger partial charge >= 0.3 is 6.03 Å². The summed E-state index contributed by atoms with van der Waals surface area (Å²) in [6, 6.07) is 3.45. The number of nitrogens with zero attached hydrogens (tertiary/aromatic N) is 2. The van der Waals surface area contributed by atoms with Gasteiger partial charge in [0, 0.05) is 18.5 Å². The van der Waals surface area contributed by atoms with Crippen LogP contribution in [0.2, 0.25) is 0 Å². The second-order valence-electron chi connectivity index (χ2n) is 6.88. The van der Waals surface area contributed by atoms with Crippen molar-refractivity contribution < 1.29 is 14.3 Å². The molecule has 2 amide bonds. The number of rotatable bonds is 2. The minimum absolute atomic E-state index is 0.0672. The van der Waals surface area contributed by atoms with Gasteiger partial charge in [-0.15, -0.1) is 0 Å². The van der Waals surface area contributed by atoms with Gasteiger partial charge in [-0.3, -0.25) is 0 Å². The molecule has 3 N–H and O–H groups in total. The van der Waals surface area contributed by atoms with E-state index in [2.05, 4.69) is 34.6 Å². The van der Waals surface area contributed by atoms with Gasteiger partial charge in [0.05, 0.1) is 18.2 Å². The topological polar surface area (TPSA) is 89.2 Å². The van der Waals surface area contributed by atoms with Crippen LogP contribution in [0.1, 0.15) is 24.0 Å². The fraction of sp³-hybridized carbons (Fsp3) is 0.444. The number of ether oxygens (including phenoxy) is 2. The van der Waals surface area contributed by atoms with Gasteiger partial charge in [0.25, 0.3) is 0 Å². The second kappa shape index (κ2) is 5.77. The Morgan fingerprint density at radius 3 is 3.12 bits per heavy atom. The minimum Gasteiger partial charge on any atom is -0.493 e. The second-order valence-corrected chi connectivity index (χ2v) is 6.88. The van der Waals surface area contributed by atoms with Crippen molar-refractivity contribution in [2.24, 2.45) is 10.8 Å². The first kappa shape index (κ1) is 16.0. The molecule has 0 aromatic heterocycles. The molecular weight excluding hydrogens is 320 g/mol. The summed E-state index contributed by atoms with van der Waals surface area (Å²) in [6.45, 7) is 1.87. The van der Waals surface area contributed by atoms with E-state index in [1.807, 2.05) is 12.1 Å². The van der Waals surface area contributed by atoms with Crippen LogP contribution in [0.5, 0.6) is 11.5 Å². The van der Waals surface area contributed by atoms with Crippen LogP contribution in [0, 0.1) is 0 Å². The molecule has 0 saturated carbocycles. The molecule has 1 aromatic carbocycles. The summed E-state index contributed by atoms with van der Waals surface area (Å²) in [6.07, 6.45) is 5.66. The number of methoxy groups -OCH3 is 1. The summed E-state index contributed by atoms with van der Waals surface area (Å²) in [7, 11) is 3.80. The lowest BCUT2D eigenvalue weighted by Gasteiger charge is -2.34. The third-order valence-corrected chi connectivity index (χ3v) is 5.35. The van der Waals surface area contributed by atoms with E-state index in [9.17, 15) is 4.79 Å². The van der Waals surface area contributed by atoms with E-state index in [0.29, 0.717) is 6.42 Å². The molecule has 7 heteroatoms. The zero-order valence-electron chi connectivity index (χ0n) is 14.4. The molecule has 25 heavy (non-hydrogen) atoms. The number of amides is 2. The van der Waals surface area contributed by atoms with Crippen molar-refractivity contribution >= 4 is 11.7 Å². The predicted molar refractivity (Wildman–Crippen MR) is 94.0 cm³/mol. The Hall–Kier alpha value is -2.54. The maximum Gasteiger partial charge on any atom is 0.332 e. The predicted octanol–water partition coefficient (Wildman–Crippen LogP) is 1.51. The lowest BCUT2D eigenvalue weighted by molar-refractivity contribution is 0.158. The Kier molecular flexibility index (Phi) is 3.68. The zero-order valence-corrected chi connectivity index (χ0v) is 14.4. The molecular formula is C18H22N4O3. The molecule has 3 aliphatic rings. The highest BCUT2D eigenvalue weighted by molar-refractivity contribution is 5.97. The lowest BCUT2D eigenvalue weighted by atomic mass is 9.69. The summed E-state index contributed by atoms with van der Waals surface area (Å²) in [5.41, 5.74) is 10.5. The monoisotopic (exact) mass is 342 g/mol. The van der Waals surface area contributed by atoms with E-state index >= 15 is 0 Å². The zero-order chi connectivity index (χ0) is 17.6. The van der Waals surface area contributed by atoms with Crippen LogP contribution in [-0.2, 0) is 12.0 Å². The Labute approximate surface area is 146 Å². The van der Waals surface area contributed by atoms with Gasteiger partial charge in [-0.25, -0.2) is 10.2 Å². The smallest absolute Gasteiger partial charge is 0.332 e. The molecule has 1 aromatic rings. The first-order valence-electron chi connectivity index (χ1n) is 8.40. The van der Waals surface area contributed by atoms with Crippen molar-refractivity contribution in [3.63, 3.8) is 0 Å². The summed E-state index contributed by atoms with van der Waals surface area (Å²) in [4.78, 5) is 13.2. The van der Waals surface area contributed by atoms with Crippen LogP contribution in [0.25, 0.3) is 0 Å². The highest BCUT2D eigenvalue weighted by Crippen LogP contribution is 2.55. The van der Waals surface area contributed by atoms with E-state index in [0.717, 1.165) is 36.7 Å². The van der Waals surface area contributed by atoms with Crippen LogP contribution < -0.4 is 20.6 Å². The first-order valence-corrected chi connectivity index (χ1v) is 8.40. The average Bonchev–Trinajstić information content (AvgIpc) is 2.85. The summed E-state index contributed by atoms with van der Waals surface area (Å²) < 4.78 is 11.9. The van der Waals surface area contributed by atoms with Crippen LogP contribution >= 0.6 is 0 Å². The molecule has 7 nitrogen and oxygen atoms in total.